The van der Waals surface area contributed by atoms with Crippen LogP contribution in [-0.4, -0.2) is 51.1 Å². The summed E-state index contributed by atoms with van der Waals surface area (Å²) in [5.74, 6) is -4.49. The number of carbonyl (C=O) groups excluding carboxylic acids is 2. The molecular formula is C26H31FO7. The smallest absolute Gasteiger partial charge is 0.306 e. The van der Waals surface area contributed by atoms with Gasteiger partial charge >= 0.3 is 11.9 Å². The summed E-state index contributed by atoms with van der Waals surface area (Å²) in [5, 5.41) is 29.4. The number of aliphatic carboxylic acids is 2. The Morgan fingerprint density at radius 3 is 2.44 bits per heavy atom. The Labute approximate surface area is 197 Å². The zero-order valence-corrected chi connectivity index (χ0v) is 19.6. The maximum absolute atomic E-state index is 15.5. The summed E-state index contributed by atoms with van der Waals surface area (Å²) in [4.78, 5) is 48.8. The lowest BCUT2D eigenvalue weighted by molar-refractivity contribution is -0.161. The van der Waals surface area contributed by atoms with Crippen molar-refractivity contribution in [3.05, 3.63) is 35.5 Å². The van der Waals surface area contributed by atoms with Crippen LogP contribution in [0.1, 0.15) is 52.9 Å². The van der Waals surface area contributed by atoms with E-state index in [1.807, 2.05) is 19.9 Å². The first-order chi connectivity index (χ1) is 15.8. The number of hydrogen-bond donors (Lipinski definition) is 3. The van der Waals surface area contributed by atoms with Crippen LogP contribution in [-0.2, 0) is 19.2 Å². The van der Waals surface area contributed by atoms with Crippen molar-refractivity contribution >= 4 is 23.5 Å². The summed E-state index contributed by atoms with van der Waals surface area (Å²) >= 11 is 0. The summed E-state index contributed by atoms with van der Waals surface area (Å²) in [6.07, 6.45) is 2.97. The van der Waals surface area contributed by atoms with E-state index in [-0.39, 0.29) is 24.0 Å². The molecule has 34 heavy (non-hydrogen) atoms. The highest BCUT2D eigenvalue weighted by atomic mass is 19.1. The summed E-state index contributed by atoms with van der Waals surface area (Å²) < 4.78 is 15.5. The fraction of sp³-hybridized carbons (Fsp3) is 0.615. The Hall–Kier alpha value is -2.61. The molecule has 0 spiro atoms. The lowest BCUT2D eigenvalue weighted by Gasteiger charge is -2.55. The SMILES string of the molecule is C[C@@H]1C[C@H]2[C@@H]3C[C@@H](F)C4=CC(=O)C=C[C@]4(C)C3=CC[C@]2(C)[C@@]1(CC(=O)O)C(=O)C(O)CC(=O)O. The van der Waals surface area contributed by atoms with E-state index >= 15 is 4.39 Å². The van der Waals surface area contributed by atoms with Gasteiger partial charge in [-0.1, -0.05) is 31.6 Å². The van der Waals surface area contributed by atoms with Gasteiger partial charge in [-0.05, 0) is 67.1 Å². The van der Waals surface area contributed by atoms with Gasteiger partial charge in [-0.3, -0.25) is 19.2 Å². The Kier molecular flexibility index (Phi) is 5.75. The summed E-state index contributed by atoms with van der Waals surface area (Å²) in [6.45, 7) is 5.50. The molecule has 0 aromatic heterocycles. The van der Waals surface area contributed by atoms with Gasteiger partial charge in [0.25, 0.3) is 0 Å². The fourth-order valence-electron chi connectivity index (χ4n) is 7.76. The molecule has 0 bridgehead atoms. The minimum Gasteiger partial charge on any atom is -0.481 e. The van der Waals surface area contributed by atoms with Crippen molar-refractivity contribution in [1.29, 1.82) is 0 Å². The third-order valence-electron chi connectivity index (χ3n) is 9.33. The Balaban J connectivity index is 1.83. The largest absolute Gasteiger partial charge is 0.481 e. The zero-order valence-electron chi connectivity index (χ0n) is 19.6. The van der Waals surface area contributed by atoms with Gasteiger partial charge in [-0.15, -0.1) is 0 Å². The summed E-state index contributed by atoms with van der Waals surface area (Å²) in [6, 6.07) is 0. The molecule has 1 unspecified atom stereocenters. The van der Waals surface area contributed by atoms with E-state index in [0.717, 1.165) is 5.57 Å². The lowest BCUT2D eigenvalue weighted by Crippen LogP contribution is -2.55. The first-order valence-electron chi connectivity index (χ1n) is 11.7. The number of carboxylic acids is 2. The molecule has 0 amide bonds. The molecular weight excluding hydrogens is 443 g/mol. The maximum Gasteiger partial charge on any atom is 0.306 e. The van der Waals surface area contributed by atoms with E-state index in [0.29, 0.717) is 18.4 Å². The van der Waals surface area contributed by atoms with Gasteiger partial charge in [-0.2, -0.15) is 0 Å². The molecule has 2 fully saturated rings. The van der Waals surface area contributed by atoms with Crippen LogP contribution in [0.5, 0.6) is 0 Å². The number of halogens is 1. The monoisotopic (exact) mass is 474 g/mol. The van der Waals surface area contributed by atoms with Crippen molar-refractivity contribution < 1.29 is 38.9 Å². The molecule has 0 aromatic carbocycles. The molecule has 4 aliphatic rings. The second kappa shape index (κ2) is 7.97. The predicted molar refractivity (Wildman–Crippen MR) is 119 cm³/mol. The van der Waals surface area contributed by atoms with Crippen LogP contribution in [0.2, 0.25) is 0 Å². The molecule has 0 aromatic rings. The molecule has 4 rings (SSSR count). The van der Waals surface area contributed by atoms with E-state index in [1.54, 1.807) is 13.0 Å². The Bertz CT molecular complexity index is 1060. The molecule has 0 saturated heterocycles. The first kappa shape index (κ1) is 24.5. The predicted octanol–water partition coefficient (Wildman–Crippen LogP) is 3.27. The highest BCUT2D eigenvalue weighted by Crippen LogP contribution is 2.70. The van der Waals surface area contributed by atoms with Crippen LogP contribution in [0.15, 0.2) is 35.5 Å². The summed E-state index contributed by atoms with van der Waals surface area (Å²) in [5.41, 5.74) is -1.73. The van der Waals surface area contributed by atoms with Gasteiger partial charge in [0.05, 0.1) is 18.3 Å². The Morgan fingerprint density at radius 1 is 1.15 bits per heavy atom. The molecule has 0 radical (unpaired) electrons. The highest BCUT2D eigenvalue weighted by molar-refractivity contribution is 6.01. The highest BCUT2D eigenvalue weighted by Gasteiger charge is 2.69. The van der Waals surface area contributed by atoms with E-state index in [2.05, 4.69) is 0 Å². The number of carboxylic acid groups (broad SMARTS) is 2. The maximum atomic E-state index is 15.5. The van der Waals surface area contributed by atoms with Gasteiger partial charge in [-0.25, -0.2) is 4.39 Å². The van der Waals surface area contributed by atoms with E-state index in [9.17, 15) is 29.4 Å². The normalized spacial score (nSPS) is 41.5. The van der Waals surface area contributed by atoms with Crippen molar-refractivity contribution in [3.8, 4) is 0 Å². The number of carbonyl (C=O) groups is 4. The minimum atomic E-state index is -1.82. The Morgan fingerprint density at radius 2 is 1.82 bits per heavy atom. The quantitative estimate of drug-likeness (QED) is 0.504. The standard InChI is InChI=1S/C26H31FO7/c1-13-8-17-15-10-19(27)18-9-14(28)4-6-24(18,2)16(15)5-7-25(17,3)26(13,12-22(32)33)23(34)20(29)11-21(30)31/h4-6,9,13,15,17,19-20,29H,7-8,10-12H2,1-3H3,(H,30,31)(H,32,33)/t13-,15-,17+,19-,20?,24-,25+,26-/m1/s1. The van der Waals surface area contributed by atoms with Gasteiger partial charge in [0.1, 0.15) is 12.3 Å². The second-order valence-corrected chi connectivity index (χ2v) is 10.9. The van der Waals surface area contributed by atoms with Crippen LogP contribution in [0.25, 0.3) is 0 Å². The molecule has 3 N–H and O–H groups in total. The average Bonchev–Trinajstić information content (AvgIpc) is 2.96. The van der Waals surface area contributed by atoms with Gasteiger partial charge in [0.2, 0.25) is 0 Å². The van der Waals surface area contributed by atoms with Crippen molar-refractivity contribution in [3.63, 3.8) is 0 Å². The van der Waals surface area contributed by atoms with Crippen LogP contribution < -0.4 is 0 Å². The number of rotatable bonds is 6. The fourth-order valence-corrected chi connectivity index (χ4v) is 7.76. The third-order valence-corrected chi connectivity index (χ3v) is 9.33. The number of aliphatic hydroxyl groups is 1. The van der Waals surface area contributed by atoms with Crippen molar-refractivity contribution in [2.24, 2.45) is 34.0 Å². The van der Waals surface area contributed by atoms with E-state index in [4.69, 9.17) is 5.11 Å². The van der Waals surface area contributed by atoms with Gasteiger partial charge < -0.3 is 15.3 Å². The number of allylic oxidation sites excluding steroid dienone is 6. The van der Waals surface area contributed by atoms with Crippen LogP contribution in [0, 0.1) is 34.0 Å². The van der Waals surface area contributed by atoms with Crippen molar-refractivity contribution in [1.82, 2.24) is 0 Å². The van der Waals surface area contributed by atoms with Crippen molar-refractivity contribution in [2.75, 3.05) is 0 Å². The first-order valence-corrected chi connectivity index (χ1v) is 11.7. The van der Waals surface area contributed by atoms with Crippen LogP contribution in [0.4, 0.5) is 4.39 Å². The molecule has 4 aliphatic carbocycles. The summed E-state index contributed by atoms with van der Waals surface area (Å²) in [7, 11) is 0. The van der Waals surface area contributed by atoms with E-state index in [1.165, 1.54) is 12.2 Å². The number of aliphatic hydroxyl groups excluding tert-OH is 1. The number of hydrogen-bond acceptors (Lipinski definition) is 5. The van der Waals surface area contributed by atoms with Gasteiger partial charge in [0, 0.05) is 5.41 Å². The molecule has 2 saturated carbocycles. The minimum absolute atomic E-state index is 0.135. The average molecular weight is 475 g/mol. The molecule has 8 atom stereocenters. The third kappa shape index (κ3) is 3.25. The molecule has 8 heteroatoms. The van der Waals surface area contributed by atoms with Crippen LogP contribution >= 0.6 is 0 Å². The molecule has 7 nitrogen and oxygen atoms in total. The lowest BCUT2D eigenvalue weighted by atomic mass is 9.48. The number of alkyl halides is 1. The van der Waals surface area contributed by atoms with E-state index < -0.39 is 65.0 Å². The second-order valence-electron chi connectivity index (χ2n) is 10.9. The number of ketones is 2. The molecule has 0 aliphatic heterocycles. The molecule has 0 heterocycles. The number of fused-ring (bicyclic) bond motifs is 5. The number of Topliss-reactive ketones (excluding diaryl/α,β-unsaturated/α-hetero) is 1. The van der Waals surface area contributed by atoms with Gasteiger partial charge in [0.15, 0.2) is 11.6 Å². The zero-order chi connectivity index (χ0) is 25.2. The topological polar surface area (TPSA) is 129 Å². The van der Waals surface area contributed by atoms with Crippen molar-refractivity contribution in [2.45, 2.75) is 65.2 Å². The molecule has 184 valence electrons. The van der Waals surface area contributed by atoms with Crippen LogP contribution in [0.3, 0.4) is 0 Å².